The van der Waals surface area contributed by atoms with Gasteiger partial charge in [-0.15, -0.1) is 12.4 Å². The summed E-state index contributed by atoms with van der Waals surface area (Å²) in [5, 5.41) is 2.58. The topological polar surface area (TPSA) is 55.1 Å². The van der Waals surface area contributed by atoms with E-state index in [2.05, 4.69) is 5.32 Å². The minimum Gasteiger partial charge on any atom is -0.348 e. The average Bonchev–Trinajstić information content (AvgIpc) is 3.09. The van der Waals surface area contributed by atoms with Crippen molar-refractivity contribution in [1.29, 1.82) is 0 Å². The number of hydrogen-bond donors (Lipinski definition) is 2. The van der Waals surface area contributed by atoms with Gasteiger partial charge in [-0.2, -0.15) is 0 Å². The van der Waals surface area contributed by atoms with Crippen LogP contribution in [0.1, 0.15) is 23.2 Å². The predicted molar refractivity (Wildman–Crippen MR) is 66.6 cm³/mol. The molecule has 3 nitrogen and oxygen atoms in total. The van der Waals surface area contributed by atoms with E-state index in [0.29, 0.717) is 5.92 Å². The van der Waals surface area contributed by atoms with Crippen LogP contribution in [0, 0.1) is 17.6 Å². The molecule has 3 N–H and O–H groups in total. The molecule has 0 heterocycles. The minimum atomic E-state index is -0.853. The van der Waals surface area contributed by atoms with Crippen LogP contribution in [-0.2, 0) is 0 Å². The lowest BCUT2D eigenvalue weighted by Gasteiger charge is -2.16. The summed E-state index contributed by atoms with van der Waals surface area (Å²) in [6.07, 6.45) is 2.00. The zero-order valence-corrected chi connectivity index (χ0v) is 10.5. The smallest absolute Gasteiger partial charge is 0.257 e. The fourth-order valence-corrected chi connectivity index (χ4v) is 1.82. The first-order valence-corrected chi connectivity index (χ1v) is 5.58. The third kappa shape index (κ3) is 3.17. The SMILES string of the molecule is Cl.NCC(NC(=O)c1c(F)cccc1F)C1CC1. The summed E-state index contributed by atoms with van der Waals surface area (Å²) in [7, 11) is 0. The highest BCUT2D eigenvalue weighted by atomic mass is 35.5. The second kappa shape index (κ2) is 6.11. The number of rotatable bonds is 4. The van der Waals surface area contributed by atoms with E-state index >= 15 is 0 Å². The van der Waals surface area contributed by atoms with Crippen molar-refractivity contribution in [2.75, 3.05) is 6.54 Å². The first-order chi connectivity index (χ1) is 8.13. The van der Waals surface area contributed by atoms with E-state index in [-0.39, 0.29) is 25.0 Å². The highest BCUT2D eigenvalue weighted by Crippen LogP contribution is 2.32. The summed E-state index contributed by atoms with van der Waals surface area (Å²) in [6, 6.07) is 3.16. The van der Waals surface area contributed by atoms with E-state index in [1.165, 1.54) is 6.07 Å². The Bertz CT molecular complexity index is 418. The Balaban J connectivity index is 0.00000162. The fraction of sp³-hybridized carbons (Fsp3) is 0.417. The molecule has 0 saturated heterocycles. The van der Waals surface area contributed by atoms with Gasteiger partial charge < -0.3 is 11.1 Å². The van der Waals surface area contributed by atoms with Gasteiger partial charge in [0.05, 0.1) is 0 Å². The summed E-state index contributed by atoms with van der Waals surface area (Å²) >= 11 is 0. The Morgan fingerprint density at radius 3 is 2.39 bits per heavy atom. The maximum Gasteiger partial charge on any atom is 0.257 e. The summed E-state index contributed by atoms with van der Waals surface area (Å²) < 4.78 is 26.7. The highest BCUT2D eigenvalue weighted by Gasteiger charge is 2.32. The fourth-order valence-electron chi connectivity index (χ4n) is 1.82. The second-order valence-corrected chi connectivity index (χ2v) is 4.25. The second-order valence-electron chi connectivity index (χ2n) is 4.25. The number of hydrogen-bond acceptors (Lipinski definition) is 2. The maximum absolute atomic E-state index is 13.3. The van der Waals surface area contributed by atoms with Crippen LogP contribution in [0.4, 0.5) is 8.78 Å². The average molecular weight is 277 g/mol. The molecule has 1 aliphatic rings. The molecule has 0 spiro atoms. The molecule has 100 valence electrons. The van der Waals surface area contributed by atoms with Gasteiger partial charge in [0, 0.05) is 12.6 Å². The number of benzene rings is 1. The van der Waals surface area contributed by atoms with E-state index in [1.807, 2.05) is 0 Å². The monoisotopic (exact) mass is 276 g/mol. The molecular formula is C12H15ClF2N2O. The van der Waals surface area contributed by atoms with Crippen molar-refractivity contribution in [2.45, 2.75) is 18.9 Å². The largest absolute Gasteiger partial charge is 0.348 e. The molecule has 0 bridgehead atoms. The molecule has 1 amide bonds. The first-order valence-electron chi connectivity index (χ1n) is 5.58. The van der Waals surface area contributed by atoms with Gasteiger partial charge in [0.2, 0.25) is 0 Å². The van der Waals surface area contributed by atoms with Crippen molar-refractivity contribution in [3.05, 3.63) is 35.4 Å². The van der Waals surface area contributed by atoms with Crippen LogP contribution in [0.15, 0.2) is 18.2 Å². The van der Waals surface area contributed by atoms with Crippen LogP contribution in [0.5, 0.6) is 0 Å². The van der Waals surface area contributed by atoms with Crippen LogP contribution < -0.4 is 11.1 Å². The maximum atomic E-state index is 13.3. The molecule has 1 aromatic carbocycles. The molecule has 6 heteroatoms. The Morgan fingerprint density at radius 2 is 1.94 bits per heavy atom. The van der Waals surface area contributed by atoms with E-state index in [1.54, 1.807) is 0 Å². The Hall–Kier alpha value is -1.20. The van der Waals surface area contributed by atoms with Crippen molar-refractivity contribution < 1.29 is 13.6 Å². The molecule has 0 aliphatic heterocycles. The van der Waals surface area contributed by atoms with Crippen molar-refractivity contribution >= 4 is 18.3 Å². The Kier molecular flexibility index (Phi) is 5.04. The summed E-state index contributed by atoms with van der Waals surface area (Å²) in [4.78, 5) is 11.7. The molecule has 1 fully saturated rings. The lowest BCUT2D eigenvalue weighted by molar-refractivity contribution is 0.0925. The van der Waals surface area contributed by atoms with Crippen LogP contribution in [0.2, 0.25) is 0 Å². The van der Waals surface area contributed by atoms with Gasteiger partial charge in [-0.25, -0.2) is 8.78 Å². The number of carbonyl (C=O) groups is 1. The van der Waals surface area contributed by atoms with Gasteiger partial charge in [-0.1, -0.05) is 6.07 Å². The van der Waals surface area contributed by atoms with E-state index in [9.17, 15) is 13.6 Å². The van der Waals surface area contributed by atoms with E-state index < -0.39 is 23.1 Å². The highest BCUT2D eigenvalue weighted by molar-refractivity contribution is 5.95. The third-order valence-corrected chi connectivity index (χ3v) is 2.95. The predicted octanol–water partition coefficient (Wildman–Crippen LogP) is 1.85. The van der Waals surface area contributed by atoms with Gasteiger partial charge in [0.1, 0.15) is 17.2 Å². The van der Waals surface area contributed by atoms with Gasteiger partial charge in [0.15, 0.2) is 0 Å². The Labute approximate surface area is 110 Å². The number of nitrogens with one attached hydrogen (secondary N) is 1. The van der Waals surface area contributed by atoms with Gasteiger partial charge in [0.25, 0.3) is 5.91 Å². The summed E-state index contributed by atoms with van der Waals surface area (Å²) in [5.74, 6) is -2.09. The number of amides is 1. The lowest BCUT2D eigenvalue weighted by Crippen LogP contribution is -2.42. The molecular weight excluding hydrogens is 262 g/mol. The molecule has 2 rings (SSSR count). The van der Waals surface area contributed by atoms with Crippen LogP contribution in [-0.4, -0.2) is 18.5 Å². The first kappa shape index (κ1) is 14.9. The quantitative estimate of drug-likeness (QED) is 0.882. The molecule has 1 unspecified atom stereocenters. The van der Waals surface area contributed by atoms with Crippen molar-refractivity contribution in [3.63, 3.8) is 0 Å². The zero-order valence-electron chi connectivity index (χ0n) is 9.66. The number of nitrogens with two attached hydrogens (primary N) is 1. The van der Waals surface area contributed by atoms with E-state index in [4.69, 9.17) is 5.73 Å². The van der Waals surface area contributed by atoms with Crippen LogP contribution in [0.3, 0.4) is 0 Å². The van der Waals surface area contributed by atoms with Crippen molar-refractivity contribution in [1.82, 2.24) is 5.32 Å². The molecule has 0 radical (unpaired) electrons. The number of carbonyl (C=O) groups excluding carboxylic acids is 1. The normalized spacial score (nSPS) is 15.7. The Morgan fingerprint density at radius 1 is 1.39 bits per heavy atom. The summed E-state index contributed by atoms with van der Waals surface area (Å²) in [5.41, 5.74) is 4.98. The molecule has 0 aromatic heterocycles. The van der Waals surface area contributed by atoms with E-state index in [0.717, 1.165) is 25.0 Å². The summed E-state index contributed by atoms with van der Waals surface area (Å²) in [6.45, 7) is 0.284. The van der Waals surface area contributed by atoms with Gasteiger partial charge in [-0.05, 0) is 30.9 Å². The molecule has 1 aliphatic carbocycles. The van der Waals surface area contributed by atoms with Gasteiger partial charge in [-0.3, -0.25) is 4.79 Å². The van der Waals surface area contributed by atoms with Gasteiger partial charge >= 0.3 is 0 Å². The van der Waals surface area contributed by atoms with Crippen LogP contribution in [0.25, 0.3) is 0 Å². The third-order valence-electron chi connectivity index (χ3n) is 2.95. The lowest BCUT2D eigenvalue weighted by atomic mass is 10.1. The zero-order chi connectivity index (χ0) is 12.4. The van der Waals surface area contributed by atoms with Crippen LogP contribution >= 0.6 is 12.4 Å². The standard InChI is InChI=1S/C12H14F2N2O.ClH/c13-8-2-1-3-9(14)11(8)12(17)16-10(6-15)7-4-5-7;/h1-3,7,10H,4-6,15H2,(H,16,17);1H. The molecule has 1 atom stereocenters. The minimum absolute atomic E-state index is 0. The molecule has 1 saturated carbocycles. The molecule has 18 heavy (non-hydrogen) atoms. The molecule has 1 aromatic rings. The number of halogens is 3. The van der Waals surface area contributed by atoms with Crippen molar-refractivity contribution in [3.8, 4) is 0 Å². The van der Waals surface area contributed by atoms with Crippen molar-refractivity contribution in [2.24, 2.45) is 11.7 Å².